The summed E-state index contributed by atoms with van der Waals surface area (Å²) in [5, 5.41) is 2.65. The molecule has 5 heteroatoms. The van der Waals surface area contributed by atoms with Gasteiger partial charge in [0.05, 0.1) is 13.7 Å². The monoisotopic (exact) mass is 276 g/mol. The zero-order chi connectivity index (χ0) is 14.7. The normalized spacial score (nSPS) is 19.2. The first kappa shape index (κ1) is 14.4. The molecule has 1 aliphatic heterocycles. The lowest BCUT2D eigenvalue weighted by Crippen LogP contribution is -2.59. The van der Waals surface area contributed by atoms with Crippen LogP contribution in [0.15, 0.2) is 24.3 Å². The average Bonchev–Trinajstić information content (AvgIpc) is 2.43. The summed E-state index contributed by atoms with van der Waals surface area (Å²) in [5.41, 5.74) is 0.986. The molecule has 1 aromatic carbocycles. The summed E-state index contributed by atoms with van der Waals surface area (Å²) in [4.78, 5) is 25.7. The molecule has 0 spiro atoms. The molecule has 20 heavy (non-hydrogen) atoms. The Morgan fingerprint density at radius 1 is 1.30 bits per heavy atom. The third-order valence-corrected chi connectivity index (χ3v) is 3.48. The van der Waals surface area contributed by atoms with Crippen molar-refractivity contribution in [3.8, 4) is 5.75 Å². The van der Waals surface area contributed by atoms with Gasteiger partial charge in [0.25, 0.3) is 0 Å². The van der Waals surface area contributed by atoms with E-state index in [1.807, 2.05) is 38.1 Å². The summed E-state index contributed by atoms with van der Waals surface area (Å²) < 4.78 is 5.11. The van der Waals surface area contributed by atoms with E-state index >= 15 is 0 Å². The van der Waals surface area contributed by atoms with E-state index in [2.05, 4.69) is 5.32 Å². The first-order valence-corrected chi connectivity index (χ1v) is 6.73. The number of nitrogens with zero attached hydrogens (tertiary/aromatic N) is 1. The average molecular weight is 276 g/mol. The van der Waals surface area contributed by atoms with Crippen LogP contribution < -0.4 is 10.1 Å². The van der Waals surface area contributed by atoms with E-state index in [1.54, 1.807) is 12.0 Å². The minimum atomic E-state index is -0.404. The Morgan fingerprint density at radius 2 is 1.95 bits per heavy atom. The molecule has 1 aromatic rings. The minimum Gasteiger partial charge on any atom is -0.497 e. The SMILES string of the molecule is COc1ccc(CN2C(=O)CNC(=O)[C@@H]2C(C)C)cc1. The molecule has 1 fully saturated rings. The van der Waals surface area contributed by atoms with Gasteiger partial charge in [-0.05, 0) is 23.6 Å². The summed E-state index contributed by atoms with van der Waals surface area (Å²) >= 11 is 0. The van der Waals surface area contributed by atoms with E-state index in [1.165, 1.54) is 0 Å². The fourth-order valence-corrected chi connectivity index (χ4v) is 2.44. The molecule has 1 aliphatic rings. The van der Waals surface area contributed by atoms with Crippen LogP contribution in [0.2, 0.25) is 0 Å². The maximum absolute atomic E-state index is 12.1. The molecule has 0 radical (unpaired) electrons. The maximum atomic E-state index is 12.1. The zero-order valence-corrected chi connectivity index (χ0v) is 12.1. The Balaban J connectivity index is 2.18. The highest BCUT2D eigenvalue weighted by Crippen LogP contribution is 2.19. The minimum absolute atomic E-state index is 0.0425. The van der Waals surface area contributed by atoms with Gasteiger partial charge >= 0.3 is 0 Å². The Labute approximate surface area is 118 Å². The summed E-state index contributed by atoms with van der Waals surface area (Å²) in [5.74, 6) is 0.738. The van der Waals surface area contributed by atoms with Gasteiger partial charge in [-0.25, -0.2) is 0 Å². The molecule has 0 bridgehead atoms. The number of nitrogens with one attached hydrogen (secondary N) is 1. The molecule has 1 atom stereocenters. The number of carbonyl (C=O) groups is 2. The van der Waals surface area contributed by atoms with Crippen LogP contribution >= 0.6 is 0 Å². The number of methoxy groups -OCH3 is 1. The second-order valence-corrected chi connectivity index (χ2v) is 5.28. The van der Waals surface area contributed by atoms with E-state index in [-0.39, 0.29) is 24.3 Å². The van der Waals surface area contributed by atoms with Crippen LogP contribution in [0.25, 0.3) is 0 Å². The van der Waals surface area contributed by atoms with E-state index in [0.717, 1.165) is 11.3 Å². The second kappa shape index (κ2) is 5.94. The van der Waals surface area contributed by atoms with Gasteiger partial charge in [-0.15, -0.1) is 0 Å². The highest BCUT2D eigenvalue weighted by atomic mass is 16.5. The quantitative estimate of drug-likeness (QED) is 0.898. The van der Waals surface area contributed by atoms with Crippen molar-refractivity contribution < 1.29 is 14.3 Å². The molecule has 0 aromatic heterocycles. The Morgan fingerprint density at radius 3 is 2.50 bits per heavy atom. The third-order valence-electron chi connectivity index (χ3n) is 3.48. The van der Waals surface area contributed by atoms with Crippen LogP contribution in [0.5, 0.6) is 5.75 Å². The Kier molecular flexibility index (Phi) is 4.27. The molecule has 0 aliphatic carbocycles. The van der Waals surface area contributed by atoms with Crippen molar-refractivity contribution in [3.63, 3.8) is 0 Å². The Bertz CT molecular complexity index is 496. The smallest absolute Gasteiger partial charge is 0.243 e. The van der Waals surface area contributed by atoms with Crippen molar-refractivity contribution in [1.29, 1.82) is 0 Å². The van der Waals surface area contributed by atoms with Gasteiger partial charge in [0.15, 0.2) is 0 Å². The summed E-state index contributed by atoms with van der Waals surface area (Å²) in [6.45, 7) is 4.42. The van der Waals surface area contributed by atoms with Crippen molar-refractivity contribution in [2.24, 2.45) is 5.92 Å². The molecule has 1 N–H and O–H groups in total. The molecule has 2 rings (SSSR count). The summed E-state index contributed by atoms with van der Waals surface area (Å²) in [6.07, 6.45) is 0. The van der Waals surface area contributed by atoms with Crippen LogP contribution in [-0.2, 0) is 16.1 Å². The van der Waals surface area contributed by atoms with E-state index in [4.69, 9.17) is 4.74 Å². The zero-order valence-electron chi connectivity index (χ0n) is 12.1. The number of benzene rings is 1. The molecule has 1 heterocycles. The Hall–Kier alpha value is -2.04. The van der Waals surface area contributed by atoms with Gasteiger partial charge in [-0.1, -0.05) is 26.0 Å². The van der Waals surface area contributed by atoms with Gasteiger partial charge in [0.2, 0.25) is 11.8 Å². The van der Waals surface area contributed by atoms with Crippen LogP contribution in [0.3, 0.4) is 0 Å². The van der Waals surface area contributed by atoms with E-state index < -0.39 is 6.04 Å². The van der Waals surface area contributed by atoms with Gasteiger partial charge in [-0.3, -0.25) is 9.59 Å². The number of amides is 2. The van der Waals surface area contributed by atoms with Gasteiger partial charge in [0.1, 0.15) is 11.8 Å². The van der Waals surface area contributed by atoms with E-state index in [9.17, 15) is 9.59 Å². The summed E-state index contributed by atoms with van der Waals surface area (Å²) in [6, 6.07) is 7.13. The molecule has 0 unspecified atom stereocenters. The molecule has 2 amide bonds. The summed E-state index contributed by atoms with van der Waals surface area (Å²) in [7, 11) is 1.61. The number of piperazine rings is 1. The van der Waals surface area contributed by atoms with Crippen molar-refractivity contribution in [1.82, 2.24) is 10.2 Å². The topological polar surface area (TPSA) is 58.6 Å². The van der Waals surface area contributed by atoms with Crippen LogP contribution in [0, 0.1) is 5.92 Å². The lowest BCUT2D eigenvalue weighted by atomic mass is 9.98. The molecular formula is C15H20N2O3. The first-order chi connectivity index (χ1) is 9.52. The standard InChI is InChI=1S/C15H20N2O3/c1-10(2)14-15(19)16-8-13(18)17(14)9-11-4-6-12(20-3)7-5-11/h4-7,10,14H,8-9H2,1-3H3,(H,16,19)/t14-/m0/s1. The van der Waals surface area contributed by atoms with Crippen LogP contribution in [0.4, 0.5) is 0 Å². The first-order valence-electron chi connectivity index (χ1n) is 6.73. The number of carbonyl (C=O) groups excluding carboxylic acids is 2. The molecule has 0 saturated carbocycles. The fraction of sp³-hybridized carbons (Fsp3) is 0.467. The van der Waals surface area contributed by atoms with Crippen molar-refractivity contribution in [2.45, 2.75) is 26.4 Å². The highest BCUT2D eigenvalue weighted by molar-refractivity contribution is 5.94. The molecule has 108 valence electrons. The van der Waals surface area contributed by atoms with Crippen molar-refractivity contribution in [2.75, 3.05) is 13.7 Å². The predicted octanol–water partition coefficient (Wildman–Crippen LogP) is 1.18. The third kappa shape index (κ3) is 2.92. The molecule has 1 saturated heterocycles. The van der Waals surface area contributed by atoms with E-state index in [0.29, 0.717) is 6.54 Å². The number of ether oxygens (including phenoxy) is 1. The van der Waals surface area contributed by atoms with Crippen LogP contribution in [0.1, 0.15) is 19.4 Å². The van der Waals surface area contributed by atoms with Crippen LogP contribution in [-0.4, -0.2) is 36.4 Å². The van der Waals surface area contributed by atoms with Gasteiger partial charge in [0, 0.05) is 6.54 Å². The highest BCUT2D eigenvalue weighted by Gasteiger charge is 2.36. The number of hydrogen-bond donors (Lipinski definition) is 1. The van der Waals surface area contributed by atoms with Crippen molar-refractivity contribution >= 4 is 11.8 Å². The largest absolute Gasteiger partial charge is 0.497 e. The second-order valence-electron chi connectivity index (χ2n) is 5.28. The maximum Gasteiger partial charge on any atom is 0.243 e. The van der Waals surface area contributed by atoms with Gasteiger partial charge in [-0.2, -0.15) is 0 Å². The predicted molar refractivity (Wildman–Crippen MR) is 75.2 cm³/mol. The number of hydrogen-bond acceptors (Lipinski definition) is 3. The lowest BCUT2D eigenvalue weighted by molar-refractivity contribution is -0.148. The van der Waals surface area contributed by atoms with Gasteiger partial charge < -0.3 is 15.0 Å². The lowest BCUT2D eigenvalue weighted by Gasteiger charge is -2.37. The number of rotatable bonds is 4. The molecule has 5 nitrogen and oxygen atoms in total. The van der Waals surface area contributed by atoms with Crippen molar-refractivity contribution in [3.05, 3.63) is 29.8 Å². The fourth-order valence-electron chi connectivity index (χ4n) is 2.44. The molecular weight excluding hydrogens is 256 g/mol.